The number of aromatic nitrogens is 5. The number of carbonyl (C=O) groups is 1. The molecular weight excluding hydrogens is 406 g/mol. The highest BCUT2D eigenvalue weighted by Crippen LogP contribution is 2.40. The first-order valence-electron chi connectivity index (χ1n) is 11.0. The summed E-state index contributed by atoms with van der Waals surface area (Å²) in [5.74, 6) is 2.40. The number of hydrogen-bond acceptors (Lipinski definition) is 6. The van der Waals surface area contributed by atoms with Crippen LogP contribution in [0.25, 0.3) is 27.7 Å². The van der Waals surface area contributed by atoms with Crippen molar-refractivity contribution in [3.05, 3.63) is 36.8 Å². The molecule has 9 nitrogen and oxygen atoms in total. The van der Waals surface area contributed by atoms with Crippen molar-refractivity contribution >= 4 is 28.4 Å². The van der Waals surface area contributed by atoms with Gasteiger partial charge in [-0.3, -0.25) is 4.79 Å². The molecular formula is C23H25N7O2. The van der Waals surface area contributed by atoms with Crippen molar-refractivity contribution in [3.63, 3.8) is 0 Å². The molecule has 0 aromatic carbocycles. The largest absolute Gasteiger partial charge is 0.480 e. The van der Waals surface area contributed by atoms with Crippen molar-refractivity contribution in [1.29, 1.82) is 0 Å². The van der Waals surface area contributed by atoms with Gasteiger partial charge in [-0.2, -0.15) is 15.1 Å². The third kappa shape index (κ3) is 3.07. The van der Waals surface area contributed by atoms with Crippen LogP contribution >= 0.6 is 0 Å². The molecule has 2 fully saturated rings. The fourth-order valence-corrected chi connectivity index (χ4v) is 5.39. The number of carbonyl (C=O) groups excluding carboxylic acids is 1. The van der Waals surface area contributed by atoms with Gasteiger partial charge in [0.1, 0.15) is 5.65 Å². The summed E-state index contributed by atoms with van der Waals surface area (Å²) in [6.45, 7) is 3.39. The predicted molar refractivity (Wildman–Crippen MR) is 121 cm³/mol. The van der Waals surface area contributed by atoms with Crippen LogP contribution in [-0.4, -0.2) is 61.6 Å². The second-order valence-electron chi connectivity index (χ2n) is 8.86. The third-order valence-electron chi connectivity index (χ3n) is 6.93. The average molecular weight is 432 g/mol. The average Bonchev–Trinajstić information content (AvgIpc) is 3.54. The van der Waals surface area contributed by atoms with E-state index in [4.69, 9.17) is 9.72 Å². The quantitative estimate of drug-likeness (QED) is 0.515. The minimum atomic E-state index is 0.178. The molecule has 0 unspecified atom stereocenters. The zero-order valence-corrected chi connectivity index (χ0v) is 18.1. The molecule has 32 heavy (non-hydrogen) atoms. The van der Waals surface area contributed by atoms with Gasteiger partial charge in [0.25, 0.3) is 0 Å². The smallest absolute Gasteiger partial charge is 0.228 e. The molecule has 4 aromatic heterocycles. The Kier molecular flexibility index (Phi) is 4.31. The Hall–Kier alpha value is -3.62. The number of anilines is 1. The number of H-pyrrole nitrogens is 1. The third-order valence-corrected chi connectivity index (χ3v) is 6.93. The van der Waals surface area contributed by atoms with Crippen molar-refractivity contribution < 1.29 is 9.53 Å². The van der Waals surface area contributed by atoms with Gasteiger partial charge in [-0.05, 0) is 48.4 Å². The van der Waals surface area contributed by atoms with Gasteiger partial charge in [0.05, 0.1) is 18.0 Å². The maximum Gasteiger partial charge on any atom is 0.228 e. The maximum absolute atomic E-state index is 11.7. The van der Waals surface area contributed by atoms with Crippen molar-refractivity contribution in [1.82, 2.24) is 29.5 Å². The Balaban J connectivity index is 1.27. The van der Waals surface area contributed by atoms with Crippen LogP contribution in [0.15, 0.2) is 36.8 Å². The van der Waals surface area contributed by atoms with Crippen LogP contribution in [0.5, 0.6) is 5.88 Å². The molecule has 0 radical (unpaired) electrons. The molecule has 164 valence electrons. The Morgan fingerprint density at radius 1 is 1.22 bits per heavy atom. The zero-order chi connectivity index (χ0) is 21.8. The number of likely N-dealkylation sites (tertiary alicyclic amines) is 1. The van der Waals surface area contributed by atoms with E-state index in [9.17, 15) is 4.79 Å². The van der Waals surface area contributed by atoms with Crippen LogP contribution in [0.2, 0.25) is 0 Å². The molecule has 0 spiro atoms. The molecule has 1 aliphatic heterocycles. The minimum absolute atomic E-state index is 0.178. The number of ether oxygens (including phenoxy) is 1. The van der Waals surface area contributed by atoms with Crippen molar-refractivity contribution in [2.24, 2.45) is 11.8 Å². The number of pyridine rings is 1. The summed E-state index contributed by atoms with van der Waals surface area (Å²) < 4.78 is 7.50. The molecule has 2 aliphatic rings. The van der Waals surface area contributed by atoms with E-state index in [-0.39, 0.29) is 5.91 Å². The summed E-state index contributed by atoms with van der Waals surface area (Å²) >= 11 is 0. The Labute approximate surface area is 184 Å². The summed E-state index contributed by atoms with van der Waals surface area (Å²) in [6.07, 6.45) is 7.73. The van der Waals surface area contributed by atoms with Crippen molar-refractivity contribution in [2.45, 2.75) is 25.8 Å². The van der Waals surface area contributed by atoms with E-state index < -0.39 is 0 Å². The van der Waals surface area contributed by atoms with Gasteiger partial charge in [0, 0.05) is 50.2 Å². The van der Waals surface area contributed by atoms with Crippen molar-refractivity contribution in [3.8, 4) is 17.0 Å². The first kappa shape index (κ1) is 19.1. The molecule has 0 bridgehead atoms. The van der Waals surface area contributed by atoms with Gasteiger partial charge in [0.15, 0.2) is 0 Å². The lowest BCUT2D eigenvalue weighted by Gasteiger charge is -2.18. The molecule has 5 heterocycles. The Morgan fingerprint density at radius 3 is 2.78 bits per heavy atom. The highest BCUT2D eigenvalue weighted by molar-refractivity contribution is 5.98. The normalized spacial score (nSPS) is 22.6. The first-order valence-corrected chi connectivity index (χ1v) is 11.0. The molecule has 9 heteroatoms. The standard InChI is InChI=1S/C23H25N7O2/c1-13(31)29-11-15-7-17(8-16(15)12-29)26-23-27-21-20(22(28-23)32-2)19(10-24-21)14-4-6-30-18(9-14)3-5-25-30/h3-6,9-10,15-17H,7-8,11-12H2,1-2H3,(H2,24,26,27,28)/t15-,16+,17-. The SMILES string of the molecule is COc1nc(N[C@@H]2C[C@@H]3CN(C(C)=O)C[C@@H]3C2)nc2[nH]cc(-c3ccn4nccc4c3)c12. The van der Waals surface area contributed by atoms with Gasteiger partial charge in [-0.25, -0.2) is 4.52 Å². The number of methoxy groups -OCH3 is 1. The summed E-state index contributed by atoms with van der Waals surface area (Å²) in [4.78, 5) is 26.4. The molecule has 3 atom stereocenters. The van der Waals surface area contributed by atoms with Crippen molar-refractivity contribution in [2.75, 3.05) is 25.5 Å². The number of nitrogens with zero attached hydrogens (tertiary/aromatic N) is 5. The Morgan fingerprint density at radius 2 is 2.03 bits per heavy atom. The molecule has 6 rings (SSSR count). The lowest BCUT2D eigenvalue weighted by Crippen LogP contribution is -2.29. The van der Waals surface area contributed by atoms with Crippen LogP contribution in [0, 0.1) is 11.8 Å². The van der Waals surface area contributed by atoms with Gasteiger partial charge in [-0.15, -0.1) is 0 Å². The van der Waals surface area contributed by atoms with Crippen LogP contribution in [0.1, 0.15) is 19.8 Å². The monoisotopic (exact) mass is 431 g/mol. The molecule has 1 aliphatic carbocycles. The minimum Gasteiger partial charge on any atom is -0.480 e. The number of fused-ring (bicyclic) bond motifs is 3. The maximum atomic E-state index is 11.7. The van der Waals surface area contributed by atoms with E-state index in [2.05, 4.69) is 26.4 Å². The van der Waals surface area contributed by atoms with E-state index in [1.54, 1.807) is 20.2 Å². The summed E-state index contributed by atoms with van der Waals surface area (Å²) in [5, 5.41) is 8.64. The fraction of sp³-hybridized carbons (Fsp3) is 0.391. The lowest BCUT2D eigenvalue weighted by atomic mass is 10.0. The van der Waals surface area contributed by atoms with Gasteiger partial charge in [0.2, 0.25) is 17.7 Å². The van der Waals surface area contributed by atoms with Crippen LogP contribution in [-0.2, 0) is 4.79 Å². The molecule has 1 saturated carbocycles. The summed E-state index contributed by atoms with van der Waals surface area (Å²) in [5.41, 5.74) is 3.80. The number of hydrogen-bond donors (Lipinski definition) is 2. The van der Waals surface area contributed by atoms with Crippen LogP contribution in [0.4, 0.5) is 5.95 Å². The molecule has 2 N–H and O–H groups in total. The van der Waals surface area contributed by atoms with E-state index >= 15 is 0 Å². The summed E-state index contributed by atoms with van der Waals surface area (Å²) in [7, 11) is 1.64. The van der Waals surface area contributed by atoms with Gasteiger partial charge in [-0.1, -0.05) is 0 Å². The first-order chi connectivity index (χ1) is 15.6. The Bertz CT molecular complexity index is 1310. The van der Waals surface area contributed by atoms with Gasteiger partial charge >= 0.3 is 0 Å². The number of rotatable bonds is 4. The van der Waals surface area contributed by atoms with E-state index in [1.807, 2.05) is 33.9 Å². The summed E-state index contributed by atoms with van der Waals surface area (Å²) in [6, 6.07) is 6.39. The molecule has 1 amide bonds. The number of nitrogens with one attached hydrogen (secondary N) is 2. The number of aromatic amines is 1. The van der Waals surface area contributed by atoms with Gasteiger partial charge < -0.3 is 19.9 Å². The van der Waals surface area contributed by atoms with E-state index in [1.165, 1.54) is 0 Å². The second-order valence-corrected chi connectivity index (χ2v) is 8.86. The lowest BCUT2D eigenvalue weighted by molar-refractivity contribution is -0.128. The van der Waals surface area contributed by atoms with E-state index in [0.29, 0.717) is 29.7 Å². The molecule has 1 saturated heterocycles. The predicted octanol–water partition coefficient (Wildman–Crippen LogP) is 2.95. The number of amides is 1. The zero-order valence-electron chi connectivity index (χ0n) is 18.1. The fourth-order valence-electron chi connectivity index (χ4n) is 5.39. The highest BCUT2D eigenvalue weighted by atomic mass is 16.5. The van der Waals surface area contributed by atoms with E-state index in [0.717, 1.165) is 53.6 Å². The topological polar surface area (TPSA) is 100 Å². The van der Waals surface area contributed by atoms with Crippen LogP contribution in [0.3, 0.4) is 0 Å². The highest BCUT2D eigenvalue weighted by Gasteiger charge is 2.41. The van der Waals surface area contributed by atoms with Crippen LogP contribution < -0.4 is 10.1 Å². The molecule has 4 aromatic rings. The second kappa shape index (κ2) is 7.22.